The molecule has 0 fully saturated rings. The van der Waals surface area contributed by atoms with Gasteiger partial charge < -0.3 is 10.1 Å². The normalized spacial score (nSPS) is 11.8. The molecule has 0 unspecified atom stereocenters. The van der Waals surface area contributed by atoms with E-state index in [4.69, 9.17) is 5.14 Å². The number of primary sulfonamides is 1. The molecular formula is C18H13F4N5O5S. The summed E-state index contributed by atoms with van der Waals surface area (Å²) in [5.74, 6) is -3.60. The number of nitrogens with two attached hydrogens (primary N) is 1. The van der Waals surface area contributed by atoms with Crippen LogP contribution in [-0.4, -0.2) is 41.7 Å². The molecule has 0 bridgehead atoms. The summed E-state index contributed by atoms with van der Waals surface area (Å²) in [7, 11) is -4.25. The summed E-state index contributed by atoms with van der Waals surface area (Å²) in [6.07, 6.45) is -2.41. The molecule has 15 heteroatoms. The van der Waals surface area contributed by atoms with E-state index in [9.17, 15) is 35.6 Å². The first-order valence-corrected chi connectivity index (χ1v) is 10.3. The van der Waals surface area contributed by atoms with Crippen molar-refractivity contribution in [2.24, 2.45) is 5.14 Å². The molecule has 0 aliphatic rings. The van der Waals surface area contributed by atoms with E-state index in [0.717, 1.165) is 29.2 Å². The lowest BCUT2D eigenvalue weighted by molar-refractivity contribution is -0.137. The van der Waals surface area contributed by atoms with Crippen molar-refractivity contribution in [3.8, 4) is 5.69 Å². The molecule has 1 heterocycles. The summed E-state index contributed by atoms with van der Waals surface area (Å²) < 4.78 is 81.6. The minimum absolute atomic E-state index is 0.0343. The van der Waals surface area contributed by atoms with Crippen LogP contribution in [0.3, 0.4) is 0 Å². The second-order valence-corrected chi connectivity index (χ2v) is 7.94. The Balaban J connectivity index is 1.78. The van der Waals surface area contributed by atoms with Gasteiger partial charge in [0, 0.05) is 0 Å². The predicted octanol–water partition coefficient (Wildman–Crippen LogP) is 1.87. The monoisotopic (exact) mass is 487 g/mol. The number of ether oxygens (including phenoxy) is 1. The Hall–Kier alpha value is -3.85. The first kappa shape index (κ1) is 23.8. The van der Waals surface area contributed by atoms with E-state index >= 15 is 0 Å². The summed E-state index contributed by atoms with van der Waals surface area (Å²) in [4.78, 5) is 27.4. The number of aromatic nitrogens is 3. The van der Waals surface area contributed by atoms with Crippen LogP contribution in [0.15, 0.2) is 53.9 Å². The van der Waals surface area contributed by atoms with Crippen LogP contribution in [0.5, 0.6) is 0 Å². The summed E-state index contributed by atoms with van der Waals surface area (Å²) in [5, 5.41) is 10.9. The third-order valence-electron chi connectivity index (χ3n) is 4.08. The van der Waals surface area contributed by atoms with E-state index in [0.29, 0.717) is 18.2 Å². The average molecular weight is 487 g/mol. The molecule has 3 N–H and O–H groups in total. The third-order valence-corrected chi connectivity index (χ3v) is 5.00. The number of halogens is 4. The maximum Gasteiger partial charge on any atom is 0.416 e. The quantitative estimate of drug-likeness (QED) is 0.399. The van der Waals surface area contributed by atoms with Gasteiger partial charge in [-0.2, -0.15) is 18.3 Å². The van der Waals surface area contributed by atoms with E-state index in [-0.39, 0.29) is 11.4 Å². The first-order chi connectivity index (χ1) is 15.4. The van der Waals surface area contributed by atoms with Gasteiger partial charge in [-0.05, 0) is 36.4 Å². The van der Waals surface area contributed by atoms with E-state index in [1.807, 2.05) is 0 Å². The maximum absolute atomic E-state index is 13.9. The number of benzene rings is 2. The number of nitrogens with zero attached hydrogens (tertiary/aromatic N) is 3. The van der Waals surface area contributed by atoms with E-state index < -0.39 is 56.5 Å². The Morgan fingerprint density at radius 1 is 1.15 bits per heavy atom. The van der Waals surface area contributed by atoms with Gasteiger partial charge in [-0.25, -0.2) is 32.4 Å². The van der Waals surface area contributed by atoms with Crippen LogP contribution in [0, 0.1) is 5.82 Å². The fraction of sp³-hybridized carbons (Fsp3) is 0.111. The van der Waals surface area contributed by atoms with Crippen molar-refractivity contribution in [1.29, 1.82) is 0 Å². The molecule has 0 aliphatic heterocycles. The molecular weight excluding hydrogens is 474 g/mol. The van der Waals surface area contributed by atoms with Gasteiger partial charge in [0.1, 0.15) is 18.5 Å². The Bertz CT molecular complexity index is 1310. The molecule has 2 aromatic carbocycles. The highest BCUT2D eigenvalue weighted by atomic mass is 32.2. The Morgan fingerprint density at radius 3 is 2.48 bits per heavy atom. The van der Waals surface area contributed by atoms with Crippen molar-refractivity contribution < 1.29 is 40.3 Å². The molecule has 0 aliphatic carbocycles. The Labute approximate surface area is 183 Å². The standard InChI is InChI=1S/C18H13F4N5O5S/c19-13-3-2-11(33(23,30)31)6-12(13)17(29)32-7-16(28)26-14-5-10(18(20,21)22)1-4-15(14)27-9-24-8-25-27/h1-6,8-9H,7H2,(H,26,28)(H2,23,30,31). The lowest BCUT2D eigenvalue weighted by atomic mass is 10.1. The number of sulfonamides is 1. The summed E-state index contributed by atoms with van der Waals surface area (Å²) in [6.45, 7) is -1.02. The number of rotatable bonds is 6. The van der Waals surface area contributed by atoms with Crippen LogP contribution in [0.1, 0.15) is 15.9 Å². The molecule has 0 saturated heterocycles. The zero-order valence-corrected chi connectivity index (χ0v) is 17.0. The van der Waals surface area contributed by atoms with Crippen LogP contribution in [-0.2, 0) is 25.7 Å². The van der Waals surface area contributed by atoms with Crippen molar-refractivity contribution in [3.05, 3.63) is 66.0 Å². The van der Waals surface area contributed by atoms with Gasteiger partial charge in [-0.1, -0.05) is 0 Å². The van der Waals surface area contributed by atoms with Gasteiger partial charge in [0.15, 0.2) is 6.61 Å². The number of hydrogen-bond donors (Lipinski definition) is 2. The molecule has 0 radical (unpaired) electrons. The van der Waals surface area contributed by atoms with Crippen LogP contribution in [0.2, 0.25) is 0 Å². The average Bonchev–Trinajstić information content (AvgIpc) is 3.25. The largest absolute Gasteiger partial charge is 0.452 e. The topological polar surface area (TPSA) is 146 Å². The number of hydrogen-bond acceptors (Lipinski definition) is 7. The molecule has 10 nitrogen and oxygen atoms in total. The number of carbonyl (C=O) groups excluding carboxylic acids is 2. The fourth-order valence-corrected chi connectivity index (χ4v) is 3.12. The van der Waals surface area contributed by atoms with Crippen molar-refractivity contribution in [2.45, 2.75) is 11.1 Å². The number of esters is 1. The van der Waals surface area contributed by atoms with E-state index in [1.54, 1.807) is 0 Å². The number of alkyl halides is 3. The summed E-state index contributed by atoms with van der Waals surface area (Å²) in [5.41, 5.74) is -2.16. The van der Waals surface area contributed by atoms with Crippen molar-refractivity contribution >= 4 is 27.6 Å². The van der Waals surface area contributed by atoms with Crippen molar-refractivity contribution in [3.63, 3.8) is 0 Å². The smallest absolute Gasteiger partial charge is 0.416 e. The third kappa shape index (κ3) is 5.69. The summed E-state index contributed by atoms with van der Waals surface area (Å²) >= 11 is 0. The Morgan fingerprint density at radius 2 is 1.88 bits per heavy atom. The molecule has 0 saturated carbocycles. The predicted molar refractivity (Wildman–Crippen MR) is 103 cm³/mol. The van der Waals surface area contributed by atoms with Crippen LogP contribution in [0.25, 0.3) is 5.69 Å². The minimum atomic E-state index is -4.71. The van der Waals surface area contributed by atoms with Crippen molar-refractivity contribution in [2.75, 3.05) is 11.9 Å². The zero-order chi connectivity index (χ0) is 24.4. The molecule has 0 spiro atoms. The molecule has 3 rings (SSSR count). The highest BCUT2D eigenvalue weighted by molar-refractivity contribution is 7.89. The fourth-order valence-electron chi connectivity index (χ4n) is 2.58. The van der Waals surface area contributed by atoms with Crippen LogP contribution in [0.4, 0.5) is 23.2 Å². The second kappa shape index (κ2) is 8.95. The number of amides is 1. The highest BCUT2D eigenvalue weighted by Gasteiger charge is 2.31. The van der Waals surface area contributed by atoms with Gasteiger partial charge in [0.05, 0.1) is 27.4 Å². The van der Waals surface area contributed by atoms with Gasteiger partial charge in [-0.15, -0.1) is 0 Å². The number of carbonyl (C=O) groups is 2. The van der Waals surface area contributed by atoms with Gasteiger partial charge >= 0.3 is 12.1 Å². The van der Waals surface area contributed by atoms with Gasteiger partial charge in [0.25, 0.3) is 5.91 Å². The van der Waals surface area contributed by atoms with Crippen molar-refractivity contribution in [1.82, 2.24) is 14.8 Å². The zero-order valence-electron chi connectivity index (χ0n) is 16.2. The summed E-state index contributed by atoms with van der Waals surface area (Å²) in [6, 6.07) is 4.59. The number of nitrogens with one attached hydrogen (secondary N) is 1. The van der Waals surface area contributed by atoms with E-state index in [1.165, 1.54) is 6.33 Å². The molecule has 1 aromatic heterocycles. The van der Waals surface area contributed by atoms with Crippen LogP contribution < -0.4 is 10.5 Å². The maximum atomic E-state index is 13.9. The molecule has 1 amide bonds. The lowest BCUT2D eigenvalue weighted by Crippen LogP contribution is -2.23. The van der Waals surface area contributed by atoms with E-state index in [2.05, 4.69) is 20.1 Å². The number of anilines is 1. The SMILES string of the molecule is NS(=O)(=O)c1ccc(F)c(C(=O)OCC(=O)Nc2cc(C(F)(F)F)ccc2-n2cncn2)c1. The lowest BCUT2D eigenvalue weighted by Gasteiger charge is -2.14. The molecule has 3 aromatic rings. The minimum Gasteiger partial charge on any atom is -0.452 e. The van der Waals surface area contributed by atoms with Gasteiger partial charge in [0.2, 0.25) is 10.0 Å². The second-order valence-electron chi connectivity index (χ2n) is 6.38. The molecule has 33 heavy (non-hydrogen) atoms. The molecule has 0 atom stereocenters. The Kier molecular flexibility index (Phi) is 6.46. The molecule has 174 valence electrons. The van der Waals surface area contributed by atoms with Crippen LogP contribution >= 0.6 is 0 Å². The van der Waals surface area contributed by atoms with Gasteiger partial charge in [-0.3, -0.25) is 4.79 Å². The highest BCUT2D eigenvalue weighted by Crippen LogP contribution is 2.33. The first-order valence-electron chi connectivity index (χ1n) is 8.72.